The average Bonchev–Trinajstić information content (AvgIpc) is 2.67. The highest BCUT2D eigenvalue weighted by molar-refractivity contribution is 5.94. The highest BCUT2D eigenvalue weighted by atomic mass is 16.1. The van der Waals surface area contributed by atoms with E-state index in [-0.39, 0.29) is 5.91 Å². The van der Waals surface area contributed by atoms with Crippen LogP contribution in [-0.4, -0.2) is 37.0 Å². The van der Waals surface area contributed by atoms with Gasteiger partial charge in [0.1, 0.15) is 0 Å². The van der Waals surface area contributed by atoms with Crippen LogP contribution in [-0.2, 0) is 0 Å². The second-order valence-electron chi connectivity index (χ2n) is 5.14. The van der Waals surface area contributed by atoms with Crippen molar-refractivity contribution >= 4 is 11.6 Å². The molecular weight excluding hydrogens is 238 g/mol. The summed E-state index contributed by atoms with van der Waals surface area (Å²) < 4.78 is 0. The zero-order valence-electron chi connectivity index (χ0n) is 11.4. The second-order valence-corrected chi connectivity index (χ2v) is 5.14. The number of nitrogen functional groups attached to an aromatic ring is 1. The summed E-state index contributed by atoms with van der Waals surface area (Å²) in [7, 11) is 0. The summed E-state index contributed by atoms with van der Waals surface area (Å²) in [6.45, 7) is 3.96. The lowest BCUT2D eigenvalue weighted by atomic mass is 10.2. The molecular formula is C15H23N3O. The Kier molecular flexibility index (Phi) is 5.21. The number of carbonyl (C=O) groups is 1. The number of nitrogens with two attached hydrogens (primary N) is 1. The van der Waals surface area contributed by atoms with Crippen molar-refractivity contribution in [1.82, 2.24) is 10.2 Å². The smallest absolute Gasteiger partial charge is 0.251 e. The monoisotopic (exact) mass is 261 g/mol. The number of likely N-dealkylation sites (tertiary alicyclic amines) is 1. The fourth-order valence-electron chi connectivity index (χ4n) is 2.47. The molecule has 0 bridgehead atoms. The lowest BCUT2D eigenvalue weighted by Crippen LogP contribution is -2.35. The van der Waals surface area contributed by atoms with Crippen LogP contribution in [0.4, 0.5) is 5.69 Å². The Bertz CT molecular complexity index is 412. The van der Waals surface area contributed by atoms with E-state index in [1.165, 1.54) is 25.7 Å². The molecule has 0 saturated carbocycles. The van der Waals surface area contributed by atoms with Crippen molar-refractivity contribution < 1.29 is 4.79 Å². The van der Waals surface area contributed by atoms with E-state index in [0.29, 0.717) is 17.8 Å². The third-order valence-electron chi connectivity index (χ3n) is 3.56. The Morgan fingerprint density at radius 2 is 1.95 bits per heavy atom. The number of rotatable bonds is 4. The number of anilines is 1. The fraction of sp³-hybridized carbons (Fsp3) is 0.533. The lowest BCUT2D eigenvalue weighted by Gasteiger charge is -2.19. The van der Waals surface area contributed by atoms with Crippen LogP contribution >= 0.6 is 0 Å². The van der Waals surface area contributed by atoms with Gasteiger partial charge >= 0.3 is 0 Å². The van der Waals surface area contributed by atoms with Crippen molar-refractivity contribution in [1.29, 1.82) is 0 Å². The molecule has 0 atom stereocenters. The molecule has 0 spiro atoms. The average molecular weight is 261 g/mol. The molecule has 2 rings (SSSR count). The summed E-state index contributed by atoms with van der Waals surface area (Å²) in [5, 5.41) is 2.96. The SMILES string of the molecule is Nc1cccc(C(=O)NCCN2CCCCCC2)c1. The highest BCUT2D eigenvalue weighted by Crippen LogP contribution is 2.09. The van der Waals surface area contributed by atoms with Crippen LogP contribution in [0.3, 0.4) is 0 Å². The molecule has 1 heterocycles. The molecule has 19 heavy (non-hydrogen) atoms. The third-order valence-corrected chi connectivity index (χ3v) is 3.56. The van der Waals surface area contributed by atoms with Crippen molar-refractivity contribution in [2.75, 3.05) is 31.9 Å². The van der Waals surface area contributed by atoms with E-state index in [0.717, 1.165) is 19.6 Å². The maximum absolute atomic E-state index is 11.9. The van der Waals surface area contributed by atoms with Crippen LogP contribution in [0.5, 0.6) is 0 Å². The predicted octanol–water partition coefficient (Wildman–Crippen LogP) is 1.87. The van der Waals surface area contributed by atoms with Crippen LogP contribution in [0, 0.1) is 0 Å². The van der Waals surface area contributed by atoms with Crippen molar-refractivity contribution in [2.45, 2.75) is 25.7 Å². The quantitative estimate of drug-likeness (QED) is 0.814. The summed E-state index contributed by atoms with van der Waals surface area (Å²) >= 11 is 0. The maximum atomic E-state index is 11.9. The van der Waals surface area contributed by atoms with Crippen LogP contribution < -0.4 is 11.1 Å². The van der Waals surface area contributed by atoms with E-state index < -0.39 is 0 Å². The Hall–Kier alpha value is -1.55. The Balaban J connectivity index is 1.74. The Morgan fingerprint density at radius 3 is 2.63 bits per heavy atom. The molecule has 3 N–H and O–H groups in total. The summed E-state index contributed by atoms with van der Waals surface area (Å²) in [6.07, 6.45) is 5.24. The minimum atomic E-state index is -0.0397. The molecule has 0 radical (unpaired) electrons. The van der Waals surface area contributed by atoms with E-state index in [2.05, 4.69) is 10.2 Å². The van der Waals surface area contributed by atoms with E-state index in [1.54, 1.807) is 24.3 Å². The van der Waals surface area contributed by atoms with Crippen LogP contribution in [0.2, 0.25) is 0 Å². The molecule has 0 aliphatic carbocycles. The van der Waals surface area contributed by atoms with E-state index in [9.17, 15) is 4.79 Å². The number of hydrogen-bond donors (Lipinski definition) is 2. The summed E-state index contributed by atoms with van der Waals surface area (Å²) in [4.78, 5) is 14.4. The molecule has 104 valence electrons. The first-order valence-electron chi connectivity index (χ1n) is 7.12. The van der Waals surface area contributed by atoms with Crippen LogP contribution in [0.25, 0.3) is 0 Å². The standard InChI is InChI=1S/C15H23N3O/c16-14-7-5-6-13(12-14)15(19)17-8-11-18-9-3-1-2-4-10-18/h5-7,12H,1-4,8-11,16H2,(H,17,19). The van der Waals surface area contributed by atoms with Crippen molar-refractivity contribution in [2.24, 2.45) is 0 Å². The molecule has 1 aromatic carbocycles. The minimum Gasteiger partial charge on any atom is -0.399 e. The number of nitrogens with zero attached hydrogens (tertiary/aromatic N) is 1. The molecule has 1 aromatic rings. The van der Waals surface area contributed by atoms with Gasteiger partial charge in [0.05, 0.1) is 0 Å². The third kappa shape index (κ3) is 4.56. The number of carbonyl (C=O) groups excluding carboxylic acids is 1. The molecule has 4 heteroatoms. The van der Waals surface area contributed by atoms with E-state index in [1.807, 2.05) is 0 Å². The molecule has 0 unspecified atom stereocenters. The van der Waals surface area contributed by atoms with Gasteiger partial charge in [0.25, 0.3) is 5.91 Å². The number of nitrogens with one attached hydrogen (secondary N) is 1. The zero-order chi connectivity index (χ0) is 13.5. The molecule has 0 aromatic heterocycles. The normalized spacial score (nSPS) is 16.8. The van der Waals surface area contributed by atoms with Gasteiger partial charge in [-0.05, 0) is 44.1 Å². The van der Waals surface area contributed by atoms with Gasteiger partial charge in [0.15, 0.2) is 0 Å². The number of hydrogen-bond acceptors (Lipinski definition) is 3. The summed E-state index contributed by atoms with van der Waals surface area (Å²) in [5.74, 6) is -0.0397. The van der Waals surface area contributed by atoms with Crippen LogP contribution in [0.15, 0.2) is 24.3 Å². The first-order chi connectivity index (χ1) is 9.25. The molecule has 1 fully saturated rings. The lowest BCUT2D eigenvalue weighted by molar-refractivity contribution is 0.0948. The summed E-state index contributed by atoms with van der Waals surface area (Å²) in [5.41, 5.74) is 6.93. The van der Waals surface area contributed by atoms with Gasteiger partial charge in [-0.25, -0.2) is 0 Å². The topological polar surface area (TPSA) is 58.4 Å². The van der Waals surface area contributed by atoms with Gasteiger partial charge in [-0.1, -0.05) is 18.9 Å². The second kappa shape index (κ2) is 7.14. The Morgan fingerprint density at radius 1 is 1.21 bits per heavy atom. The van der Waals surface area contributed by atoms with Gasteiger partial charge in [0, 0.05) is 24.3 Å². The van der Waals surface area contributed by atoms with Gasteiger partial charge in [-0.15, -0.1) is 0 Å². The fourth-order valence-corrected chi connectivity index (χ4v) is 2.47. The first kappa shape index (κ1) is 13.9. The Labute approximate surface area is 115 Å². The van der Waals surface area contributed by atoms with Gasteiger partial charge in [0.2, 0.25) is 0 Å². The molecule has 1 aliphatic rings. The van der Waals surface area contributed by atoms with Crippen LogP contribution in [0.1, 0.15) is 36.0 Å². The van der Waals surface area contributed by atoms with E-state index in [4.69, 9.17) is 5.73 Å². The van der Waals surface area contributed by atoms with Gasteiger partial charge in [-0.3, -0.25) is 4.79 Å². The molecule has 4 nitrogen and oxygen atoms in total. The molecule has 1 aliphatic heterocycles. The van der Waals surface area contributed by atoms with E-state index >= 15 is 0 Å². The maximum Gasteiger partial charge on any atom is 0.251 e. The highest BCUT2D eigenvalue weighted by Gasteiger charge is 2.09. The predicted molar refractivity (Wildman–Crippen MR) is 78.1 cm³/mol. The molecule has 1 amide bonds. The number of amides is 1. The van der Waals surface area contributed by atoms with Crippen molar-refractivity contribution in [3.63, 3.8) is 0 Å². The summed E-state index contributed by atoms with van der Waals surface area (Å²) in [6, 6.07) is 7.09. The zero-order valence-corrected chi connectivity index (χ0v) is 11.4. The van der Waals surface area contributed by atoms with Crippen molar-refractivity contribution in [3.05, 3.63) is 29.8 Å². The largest absolute Gasteiger partial charge is 0.399 e. The number of benzene rings is 1. The first-order valence-corrected chi connectivity index (χ1v) is 7.12. The van der Waals surface area contributed by atoms with Crippen molar-refractivity contribution in [3.8, 4) is 0 Å². The molecule has 1 saturated heterocycles. The van der Waals surface area contributed by atoms with Gasteiger partial charge < -0.3 is 16.0 Å². The minimum absolute atomic E-state index is 0.0397. The van der Waals surface area contributed by atoms with Gasteiger partial charge in [-0.2, -0.15) is 0 Å².